The molecule has 1 unspecified atom stereocenters. The molecule has 134 valence electrons. The summed E-state index contributed by atoms with van der Waals surface area (Å²) >= 11 is 0. The number of pyridine rings is 1. The minimum atomic E-state index is 0.308. The van der Waals surface area contributed by atoms with E-state index in [1.807, 2.05) is 12.1 Å². The Morgan fingerprint density at radius 3 is 2.77 bits per heavy atom. The molecule has 0 saturated carbocycles. The zero-order valence-electron chi connectivity index (χ0n) is 15.3. The zero-order chi connectivity index (χ0) is 17.9. The first-order chi connectivity index (χ1) is 12.7. The van der Waals surface area contributed by atoms with Crippen molar-refractivity contribution in [1.29, 1.82) is 0 Å². The maximum atomic E-state index is 5.53. The van der Waals surface area contributed by atoms with Crippen LogP contribution in [0.3, 0.4) is 0 Å². The van der Waals surface area contributed by atoms with Crippen LogP contribution in [-0.4, -0.2) is 33.1 Å². The van der Waals surface area contributed by atoms with Crippen molar-refractivity contribution in [2.24, 2.45) is 0 Å². The van der Waals surface area contributed by atoms with Crippen LogP contribution in [-0.2, 0) is 6.54 Å². The van der Waals surface area contributed by atoms with Crippen molar-refractivity contribution in [3.63, 3.8) is 0 Å². The minimum absolute atomic E-state index is 0.308. The highest BCUT2D eigenvalue weighted by atomic mass is 16.5. The molecule has 2 aromatic heterocycles. The summed E-state index contributed by atoms with van der Waals surface area (Å²) in [7, 11) is 0. The van der Waals surface area contributed by atoms with Gasteiger partial charge in [0.15, 0.2) is 0 Å². The molecule has 3 aromatic rings. The molecular weight excluding hydrogens is 324 g/mol. The van der Waals surface area contributed by atoms with E-state index in [1.165, 1.54) is 11.1 Å². The van der Waals surface area contributed by atoms with Crippen molar-refractivity contribution in [1.82, 2.24) is 20.0 Å². The quantitative estimate of drug-likeness (QED) is 0.690. The highest BCUT2D eigenvalue weighted by Crippen LogP contribution is 2.28. The third kappa shape index (κ3) is 3.68. The Kier molecular flexibility index (Phi) is 4.80. The lowest BCUT2D eigenvalue weighted by Gasteiger charge is -2.16. The number of aromatic nitrogens is 3. The Labute approximate surface area is 154 Å². The van der Waals surface area contributed by atoms with E-state index < -0.39 is 0 Å². The Morgan fingerprint density at radius 1 is 1.19 bits per heavy atom. The van der Waals surface area contributed by atoms with Crippen molar-refractivity contribution in [3.8, 4) is 11.4 Å². The third-order valence-corrected chi connectivity index (χ3v) is 5.04. The van der Waals surface area contributed by atoms with Crippen molar-refractivity contribution in [3.05, 3.63) is 65.8 Å². The Hall–Kier alpha value is -2.53. The van der Waals surface area contributed by atoms with Crippen LogP contribution in [0.4, 0.5) is 0 Å². The van der Waals surface area contributed by atoms with E-state index in [0.29, 0.717) is 17.7 Å². The van der Waals surface area contributed by atoms with Gasteiger partial charge in [0.25, 0.3) is 0 Å². The minimum Gasteiger partial charge on any atom is -0.339 e. The summed E-state index contributed by atoms with van der Waals surface area (Å²) in [6.45, 7) is 7.44. The molecular formula is C21H24N4O. The SMILES string of the molecule is CC(C)c1ccc(CN2CCC(c3nc(-c4cccnc4)no3)C2)cc1. The number of nitrogens with zero attached hydrogens (tertiary/aromatic N) is 4. The first-order valence-corrected chi connectivity index (χ1v) is 9.24. The second-order valence-corrected chi connectivity index (χ2v) is 7.31. The zero-order valence-corrected chi connectivity index (χ0v) is 15.3. The first-order valence-electron chi connectivity index (χ1n) is 9.24. The van der Waals surface area contributed by atoms with Crippen LogP contribution in [0.1, 0.15) is 49.1 Å². The summed E-state index contributed by atoms with van der Waals surface area (Å²) in [4.78, 5) is 11.2. The van der Waals surface area contributed by atoms with Crippen molar-refractivity contribution in [2.45, 2.75) is 38.6 Å². The summed E-state index contributed by atoms with van der Waals surface area (Å²) < 4.78 is 5.53. The summed E-state index contributed by atoms with van der Waals surface area (Å²) in [5.41, 5.74) is 3.64. The Balaban J connectivity index is 1.39. The van der Waals surface area contributed by atoms with Gasteiger partial charge in [-0.2, -0.15) is 4.98 Å². The number of hydrogen-bond acceptors (Lipinski definition) is 5. The van der Waals surface area contributed by atoms with Gasteiger partial charge in [-0.3, -0.25) is 9.88 Å². The molecule has 1 aliphatic heterocycles. The highest BCUT2D eigenvalue weighted by molar-refractivity contribution is 5.51. The number of rotatable bonds is 5. The summed E-state index contributed by atoms with van der Waals surface area (Å²) in [5, 5.41) is 4.12. The molecule has 4 rings (SSSR count). The van der Waals surface area contributed by atoms with E-state index in [4.69, 9.17) is 4.52 Å². The molecule has 5 heteroatoms. The fourth-order valence-electron chi connectivity index (χ4n) is 3.46. The average Bonchev–Trinajstić information content (AvgIpc) is 3.32. The molecule has 1 saturated heterocycles. The normalized spacial score (nSPS) is 17.9. The maximum Gasteiger partial charge on any atom is 0.231 e. The van der Waals surface area contributed by atoms with E-state index >= 15 is 0 Å². The molecule has 0 aliphatic carbocycles. The van der Waals surface area contributed by atoms with Crippen LogP contribution in [0.25, 0.3) is 11.4 Å². The van der Waals surface area contributed by atoms with E-state index in [-0.39, 0.29) is 0 Å². The van der Waals surface area contributed by atoms with E-state index in [1.54, 1.807) is 12.4 Å². The molecule has 1 fully saturated rings. The second kappa shape index (κ2) is 7.38. The summed E-state index contributed by atoms with van der Waals surface area (Å²) in [5.74, 6) is 2.24. The molecule has 0 bridgehead atoms. The van der Waals surface area contributed by atoms with Gasteiger partial charge in [0.2, 0.25) is 11.7 Å². The van der Waals surface area contributed by atoms with Crippen LogP contribution < -0.4 is 0 Å². The van der Waals surface area contributed by atoms with Crippen molar-refractivity contribution < 1.29 is 4.52 Å². The topological polar surface area (TPSA) is 55.1 Å². The molecule has 26 heavy (non-hydrogen) atoms. The fourth-order valence-corrected chi connectivity index (χ4v) is 3.46. The largest absolute Gasteiger partial charge is 0.339 e. The van der Waals surface area contributed by atoms with Crippen LogP contribution in [0.5, 0.6) is 0 Å². The lowest BCUT2D eigenvalue weighted by atomic mass is 10.0. The monoisotopic (exact) mass is 348 g/mol. The molecule has 0 spiro atoms. The molecule has 0 radical (unpaired) electrons. The molecule has 1 atom stereocenters. The van der Waals surface area contributed by atoms with E-state index in [0.717, 1.165) is 37.5 Å². The van der Waals surface area contributed by atoms with Crippen LogP contribution in [0.2, 0.25) is 0 Å². The van der Waals surface area contributed by atoms with Gasteiger partial charge in [-0.15, -0.1) is 0 Å². The van der Waals surface area contributed by atoms with Gasteiger partial charge in [0, 0.05) is 31.0 Å². The second-order valence-electron chi connectivity index (χ2n) is 7.31. The first kappa shape index (κ1) is 16.9. The van der Waals surface area contributed by atoms with Gasteiger partial charge in [0.05, 0.1) is 5.92 Å². The predicted molar refractivity (Wildman–Crippen MR) is 101 cm³/mol. The smallest absolute Gasteiger partial charge is 0.231 e. The number of hydrogen-bond donors (Lipinski definition) is 0. The maximum absolute atomic E-state index is 5.53. The third-order valence-electron chi connectivity index (χ3n) is 5.04. The van der Waals surface area contributed by atoms with Gasteiger partial charge in [-0.05, 0) is 42.1 Å². The van der Waals surface area contributed by atoms with Crippen molar-refractivity contribution in [2.75, 3.05) is 13.1 Å². The van der Waals surface area contributed by atoms with Crippen molar-refractivity contribution >= 4 is 0 Å². The van der Waals surface area contributed by atoms with E-state index in [2.05, 4.69) is 58.1 Å². The average molecular weight is 348 g/mol. The molecule has 1 aliphatic rings. The molecule has 5 nitrogen and oxygen atoms in total. The standard InChI is InChI=1S/C21H24N4O/c1-15(2)17-7-5-16(6-8-17)13-25-11-9-19(14-25)21-23-20(24-26-21)18-4-3-10-22-12-18/h3-8,10,12,15,19H,9,11,13-14H2,1-2H3. The predicted octanol–water partition coefficient (Wildman–Crippen LogP) is 4.24. The molecule has 0 N–H and O–H groups in total. The summed E-state index contributed by atoms with van der Waals surface area (Å²) in [6, 6.07) is 12.8. The van der Waals surface area contributed by atoms with Gasteiger partial charge in [-0.1, -0.05) is 43.3 Å². The molecule has 3 heterocycles. The van der Waals surface area contributed by atoms with Gasteiger partial charge in [-0.25, -0.2) is 0 Å². The summed E-state index contributed by atoms with van der Waals surface area (Å²) in [6.07, 6.45) is 4.56. The number of benzene rings is 1. The van der Waals surface area contributed by atoms with Gasteiger partial charge < -0.3 is 4.52 Å². The molecule has 0 amide bonds. The Bertz CT molecular complexity index is 842. The number of likely N-dealkylation sites (tertiary alicyclic amines) is 1. The van der Waals surface area contributed by atoms with Crippen LogP contribution in [0.15, 0.2) is 53.3 Å². The lowest BCUT2D eigenvalue weighted by molar-refractivity contribution is 0.309. The molecule has 1 aromatic carbocycles. The Morgan fingerprint density at radius 2 is 2.04 bits per heavy atom. The van der Waals surface area contributed by atoms with Gasteiger partial charge >= 0.3 is 0 Å². The lowest BCUT2D eigenvalue weighted by Crippen LogP contribution is -2.19. The van der Waals surface area contributed by atoms with Crippen LogP contribution >= 0.6 is 0 Å². The fraction of sp³-hybridized carbons (Fsp3) is 0.381. The van der Waals surface area contributed by atoms with E-state index in [9.17, 15) is 0 Å². The van der Waals surface area contributed by atoms with Gasteiger partial charge in [0.1, 0.15) is 0 Å². The highest BCUT2D eigenvalue weighted by Gasteiger charge is 2.28. The van der Waals surface area contributed by atoms with Crippen LogP contribution in [0, 0.1) is 0 Å².